The highest BCUT2D eigenvalue weighted by Crippen LogP contribution is 2.11. The van der Waals surface area contributed by atoms with Gasteiger partial charge in [-0.3, -0.25) is 14.4 Å². The minimum atomic E-state index is -0.106. The summed E-state index contributed by atoms with van der Waals surface area (Å²) in [6.07, 6.45) is 32.2. The monoisotopic (exact) mass is 723 g/mol. The maximum Gasteiger partial charge on any atom is 0.306 e. The van der Waals surface area contributed by atoms with E-state index >= 15 is 0 Å². The summed E-state index contributed by atoms with van der Waals surface area (Å²) < 4.78 is 10.9. The van der Waals surface area contributed by atoms with Crippen LogP contribution < -0.4 is 0 Å². The van der Waals surface area contributed by atoms with Crippen LogP contribution in [0.25, 0.3) is 0 Å². The van der Waals surface area contributed by atoms with Crippen molar-refractivity contribution in [1.82, 2.24) is 9.80 Å². The Hall–Kier alpha value is -1.80. The first-order chi connectivity index (χ1) is 24.4. The van der Waals surface area contributed by atoms with E-state index in [1.807, 2.05) is 0 Å². The number of rotatable bonds is 37. The lowest BCUT2D eigenvalue weighted by Crippen LogP contribution is -2.34. The number of amides is 1. The van der Waals surface area contributed by atoms with Crippen LogP contribution in [0.15, 0.2) is 24.3 Å². The van der Waals surface area contributed by atoms with E-state index in [2.05, 4.69) is 61.9 Å². The Bertz CT molecular complexity index is 798. The molecule has 0 bridgehead atoms. The second-order valence-corrected chi connectivity index (χ2v) is 14.8. The lowest BCUT2D eigenvalue weighted by molar-refractivity contribution is -0.144. The van der Waals surface area contributed by atoms with E-state index in [4.69, 9.17) is 9.47 Å². The predicted octanol–water partition coefficient (Wildman–Crippen LogP) is 10.7. The van der Waals surface area contributed by atoms with Crippen molar-refractivity contribution >= 4 is 29.6 Å². The quantitative estimate of drug-likeness (QED) is 0.0359. The second-order valence-electron chi connectivity index (χ2n) is 13.7. The van der Waals surface area contributed by atoms with Crippen molar-refractivity contribution in [2.45, 2.75) is 168 Å². The summed E-state index contributed by atoms with van der Waals surface area (Å²) in [5.41, 5.74) is 0. The van der Waals surface area contributed by atoms with Crippen LogP contribution in [0.2, 0.25) is 0 Å². The molecular weight excluding hydrogens is 645 g/mol. The van der Waals surface area contributed by atoms with Gasteiger partial charge >= 0.3 is 11.9 Å². The molecule has 0 aliphatic carbocycles. The lowest BCUT2D eigenvalue weighted by Gasteiger charge is -2.23. The molecule has 0 heterocycles. The van der Waals surface area contributed by atoms with Crippen molar-refractivity contribution < 1.29 is 23.9 Å². The zero-order chi connectivity index (χ0) is 36.8. The summed E-state index contributed by atoms with van der Waals surface area (Å²) in [6.45, 7) is 11.3. The van der Waals surface area contributed by atoms with Gasteiger partial charge in [0.2, 0.25) is 5.91 Å². The smallest absolute Gasteiger partial charge is 0.306 e. The molecule has 0 aromatic heterocycles. The van der Waals surface area contributed by atoms with Gasteiger partial charge in [-0.25, -0.2) is 0 Å². The molecule has 0 atom stereocenters. The molecule has 8 heteroatoms. The van der Waals surface area contributed by atoms with Gasteiger partial charge in [0.25, 0.3) is 0 Å². The molecule has 0 aromatic carbocycles. The number of thioether (sulfide) groups is 1. The molecule has 0 aliphatic heterocycles. The van der Waals surface area contributed by atoms with Gasteiger partial charge in [0.15, 0.2) is 0 Å². The topological polar surface area (TPSA) is 76.1 Å². The van der Waals surface area contributed by atoms with Crippen LogP contribution in [0.5, 0.6) is 0 Å². The number of esters is 2. The van der Waals surface area contributed by atoms with E-state index in [1.54, 1.807) is 11.8 Å². The molecule has 7 nitrogen and oxygen atoms in total. The number of carbonyl (C=O) groups is 3. The molecule has 0 unspecified atom stereocenters. The first-order valence-corrected chi connectivity index (χ1v) is 21.7. The highest BCUT2D eigenvalue weighted by Gasteiger charge is 2.13. The van der Waals surface area contributed by atoms with Gasteiger partial charge in [-0.05, 0) is 109 Å². The van der Waals surface area contributed by atoms with Gasteiger partial charge in [0.05, 0.1) is 19.0 Å². The summed E-state index contributed by atoms with van der Waals surface area (Å²) in [5, 5.41) is 0. The number of allylic oxidation sites excluding steroid dienone is 4. The fourth-order valence-electron chi connectivity index (χ4n) is 5.49. The molecule has 0 saturated heterocycles. The number of unbranched alkanes of at least 4 members (excludes halogenated alkanes) is 14. The SMILES string of the molecule is CCCCCC/C=C\CCC(=O)OCCCCCCN(CCCCCCOC(=O)CC/C=C\CCCCCC)C(=O)CSCCCN(C)CC. The first-order valence-electron chi connectivity index (χ1n) is 20.6. The minimum absolute atomic E-state index is 0.106. The summed E-state index contributed by atoms with van der Waals surface area (Å²) in [6, 6.07) is 0. The van der Waals surface area contributed by atoms with E-state index < -0.39 is 0 Å². The number of nitrogens with zero attached hydrogens (tertiary/aromatic N) is 2. The normalized spacial score (nSPS) is 11.6. The van der Waals surface area contributed by atoms with Crippen LogP contribution in [0.1, 0.15) is 168 Å². The van der Waals surface area contributed by atoms with Crippen molar-refractivity contribution in [1.29, 1.82) is 0 Å². The Morgan fingerprint density at radius 1 is 0.540 bits per heavy atom. The third kappa shape index (κ3) is 34.6. The maximum absolute atomic E-state index is 13.1. The number of ether oxygens (including phenoxy) is 2. The van der Waals surface area contributed by atoms with Crippen molar-refractivity contribution in [3.8, 4) is 0 Å². The molecule has 0 N–H and O–H groups in total. The molecular formula is C42H78N2O5S. The summed E-state index contributed by atoms with van der Waals surface area (Å²) in [7, 11) is 2.14. The fraction of sp³-hybridized carbons (Fsp3) is 0.833. The van der Waals surface area contributed by atoms with Crippen molar-refractivity contribution in [2.24, 2.45) is 0 Å². The molecule has 50 heavy (non-hydrogen) atoms. The van der Waals surface area contributed by atoms with Gasteiger partial charge in [-0.1, -0.05) is 96.4 Å². The number of hydrogen-bond acceptors (Lipinski definition) is 7. The average molecular weight is 723 g/mol. The van der Waals surface area contributed by atoms with Gasteiger partial charge in [-0.15, -0.1) is 0 Å². The second kappa shape index (κ2) is 38.4. The molecule has 0 rings (SSSR count). The Balaban J connectivity index is 4.22. The largest absolute Gasteiger partial charge is 0.466 e. The third-order valence-corrected chi connectivity index (χ3v) is 9.96. The minimum Gasteiger partial charge on any atom is -0.466 e. The number of carbonyl (C=O) groups excluding carboxylic acids is 3. The Kier molecular flexibility index (Phi) is 37.0. The highest BCUT2D eigenvalue weighted by molar-refractivity contribution is 7.99. The average Bonchev–Trinajstić information content (AvgIpc) is 3.11. The Morgan fingerprint density at radius 2 is 1.00 bits per heavy atom. The van der Waals surface area contributed by atoms with Crippen LogP contribution in [0.3, 0.4) is 0 Å². The molecule has 0 saturated carbocycles. The van der Waals surface area contributed by atoms with E-state index in [0.29, 0.717) is 31.8 Å². The Morgan fingerprint density at radius 3 is 1.48 bits per heavy atom. The summed E-state index contributed by atoms with van der Waals surface area (Å²) in [5.74, 6) is 1.58. The van der Waals surface area contributed by atoms with Crippen molar-refractivity contribution in [3.63, 3.8) is 0 Å². The highest BCUT2D eigenvalue weighted by atomic mass is 32.2. The van der Waals surface area contributed by atoms with Crippen LogP contribution in [-0.4, -0.2) is 85.6 Å². The molecule has 0 spiro atoms. The van der Waals surface area contributed by atoms with Crippen LogP contribution in [0.4, 0.5) is 0 Å². The van der Waals surface area contributed by atoms with Crippen LogP contribution in [-0.2, 0) is 23.9 Å². The molecule has 0 radical (unpaired) electrons. The van der Waals surface area contributed by atoms with Crippen molar-refractivity contribution in [3.05, 3.63) is 24.3 Å². The molecule has 0 aromatic rings. The first kappa shape index (κ1) is 48.2. The lowest BCUT2D eigenvalue weighted by atomic mass is 10.1. The van der Waals surface area contributed by atoms with E-state index in [-0.39, 0.29) is 17.8 Å². The summed E-state index contributed by atoms with van der Waals surface area (Å²) in [4.78, 5) is 41.5. The zero-order valence-electron chi connectivity index (χ0n) is 33.1. The van der Waals surface area contributed by atoms with Crippen molar-refractivity contribution in [2.75, 3.05) is 57.9 Å². The van der Waals surface area contributed by atoms with Crippen LogP contribution in [0, 0.1) is 0 Å². The van der Waals surface area contributed by atoms with Gasteiger partial charge < -0.3 is 19.3 Å². The van der Waals surface area contributed by atoms with Crippen LogP contribution >= 0.6 is 11.8 Å². The standard InChI is InChI=1S/C42H78N2O5S/c1-5-8-10-12-14-16-18-24-31-41(46)48-36-28-22-20-26-34-44(40(45)39-50-38-30-33-43(4)7-3)35-27-21-23-29-37-49-42(47)32-25-19-17-15-13-11-9-6-2/h16-19H,5-15,20-39H2,1-4H3/b18-16-,19-17-. The van der Waals surface area contributed by atoms with Gasteiger partial charge in [0, 0.05) is 25.9 Å². The predicted molar refractivity (Wildman–Crippen MR) is 215 cm³/mol. The summed E-state index contributed by atoms with van der Waals surface area (Å²) >= 11 is 1.75. The van der Waals surface area contributed by atoms with Gasteiger partial charge in [0.1, 0.15) is 0 Å². The Labute approximate surface area is 313 Å². The third-order valence-electron chi connectivity index (χ3n) is 8.93. The maximum atomic E-state index is 13.1. The molecule has 0 fully saturated rings. The molecule has 1 amide bonds. The number of hydrogen-bond donors (Lipinski definition) is 0. The fourth-order valence-corrected chi connectivity index (χ4v) is 6.33. The zero-order valence-corrected chi connectivity index (χ0v) is 33.9. The molecule has 292 valence electrons. The van der Waals surface area contributed by atoms with E-state index in [1.165, 1.54) is 51.4 Å². The van der Waals surface area contributed by atoms with E-state index in [9.17, 15) is 14.4 Å². The molecule has 0 aliphatic rings. The van der Waals surface area contributed by atoms with Gasteiger partial charge in [-0.2, -0.15) is 11.8 Å². The van der Waals surface area contributed by atoms with E-state index in [0.717, 1.165) is 115 Å².